The molecule has 2 unspecified atom stereocenters. The van der Waals surface area contributed by atoms with Gasteiger partial charge in [0, 0.05) is 28.2 Å². The quantitative estimate of drug-likeness (QED) is 0.0955. The van der Waals surface area contributed by atoms with Gasteiger partial charge in [0.25, 0.3) is 0 Å². The lowest BCUT2D eigenvalue weighted by molar-refractivity contribution is 0.481. The lowest BCUT2D eigenvalue weighted by Crippen LogP contribution is -2.31. The second-order valence-electron chi connectivity index (χ2n) is 22.8. The van der Waals surface area contributed by atoms with Crippen LogP contribution in [0.15, 0.2) is 310 Å². The first-order valence-electron chi connectivity index (χ1n) is 30.1. The van der Waals surface area contributed by atoms with E-state index in [9.17, 15) is 0 Å². The predicted molar refractivity (Wildman–Crippen MR) is 360 cm³/mol. The van der Waals surface area contributed by atoms with Gasteiger partial charge in [-0.05, 0) is 198 Å². The van der Waals surface area contributed by atoms with E-state index in [4.69, 9.17) is 9.47 Å². The number of hydrogen-bond donors (Lipinski definition) is 0. The first-order chi connectivity index (χ1) is 44.6. The molecule has 0 radical (unpaired) electrons. The molecule has 0 N–H and O–H groups in total. The van der Waals surface area contributed by atoms with Crippen LogP contribution < -0.4 is 14.4 Å². The normalized spacial score (nSPS) is 15.0. The number of hydrogen-bond acceptors (Lipinski definition) is 3. The van der Waals surface area contributed by atoms with Crippen molar-refractivity contribution in [1.29, 1.82) is 0 Å². The molecule has 0 amide bonds. The van der Waals surface area contributed by atoms with E-state index >= 15 is 17.6 Å². The van der Waals surface area contributed by atoms with Gasteiger partial charge in [0.05, 0.1) is 10.8 Å². The van der Waals surface area contributed by atoms with Gasteiger partial charge in [0.1, 0.15) is 46.3 Å². The van der Waals surface area contributed by atoms with Crippen LogP contribution in [0.5, 0.6) is 23.0 Å². The minimum absolute atomic E-state index is 0.131. The van der Waals surface area contributed by atoms with Gasteiger partial charge in [-0.2, -0.15) is 0 Å². The van der Waals surface area contributed by atoms with E-state index in [0.717, 1.165) is 61.3 Å². The summed E-state index contributed by atoms with van der Waals surface area (Å²) in [5.74, 6) is -0.556. The highest BCUT2D eigenvalue weighted by Gasteiger charge is 2.51. The van der Waals surface area contributed by atoms with E-state index in [1.165, 1.54) is 36.4 Å². The van der Waals surface area contributed by atoms with Gasteiger partial charge >= 0.3 is 0 Å². The highest BCUT2D eigenvalue weighted by molar-refractivity contribution is 5.93. The topological polar surface area (TPSA) is 21.7 Å². The molecule has 0 fully saturated rings. The molecular formula is C84H55F4NO2. The molecule has 2 aliphatic rings. The lowest BCUT2D eigenvalue weighted by Gasteiger charge is -2.36. The molecule has 2 aliphatic carbocycles. The molecule has 7 heteroatoms. The van der Waals surface area contributed by atoms with Gasteiger partial charge < -0.3 is 14.4 Å². The molecule has 13 aromatic rings. The summed E-state index contributed by atoms with van der Waals surface area (Å²) in [6.07, 6.45) is 3.53. The van der Waals surface area contributed by atoms with Gasteiger partial charge in [-0.25, -0.2) is 17.6 Å². The minimum atomic E-state index is -1.56. The Morgan fingerprint density at radius 2 is 0.615 bits per heavy atom. The molecule has 436 valence electrons. The molecule has 0 saturated heterocycles. The fourth-order valence-corrected chi connectivity index (χ4v) is 14.0. The fourth-order valence-electron chi connectivity index (χ4n) is 14.0. The summed E-state index contributed by atoms with van der Waals surface area (Å²) in [5.41, 5.74) is 11.8. The zero-order valence-electron chi connectivity index (χ0n) is 49.1. The number of anilines is 3. The SMILES string of the molecule is C=Cc1ccc(Oc2ccc(C3(c4c(F)cccc4F)c4ccccc4-c4ccc(N(c5ccc(-c6ccccc6-c6ccccc6)cc5)c5ccc6c(c5)C(c5ccc(Oc7ccc(C=C)cc7)cc5)(c5c(F)cccc5F)c5ccccc5-6)cc43)cc2)cc1. The highest BCUT2D eigenvalue weighted by atomic mass is 19.1. The van der Waals surface area contributed by atoms with Crippen molar-refractivity contribution in [2.24, 2.45) is 0 Å². The summed E-state index contributed by atoms with van der Waals surface area (Å²) in [7, 11) is 0. The molecule has 2 atom stereocenters. The van der Waals surface area contributed by atoms with Crippen molar-refractivity contribution in [1.82, 2.24) is 0 Å². The van der Waals surface area contributed by atoms with Gasteiger partial charge in [-0.1, -0.05) is 213 Å². The Hall–Kier alpha value is -11.5. The van der Waals surface area contributed by atoms with Crippen molar-refractivity contribution in [3.8, 4) is 67.5 Å². The summed E-state index contributed by atoms with van der Waals surface area (Å²) in [6, 6.07) is 92.8. The van der Waals surface area contributed by atoms with Crippen molar-refractivity contribution in [3.63, 3.8) is 0 Å². The fraction of sp³-hybridized carbons (Fsp3) is 0.0238. The summed E-state index contributed by atoms with van der Waals surface area (Å²) >= 11 is 0. The van der Waals surface area contributed by atoms with E-state index in [-0.39, 0.29) is 11.1 Å². The zero-order valence-corrected chi connectivity index (χ0v) is 49.1. The standard InChI is InChI=1S/C84H55F4NO2/c1-3-54-28-42-63(43-29-54)90-65-46-34-58(35-47-65)83(81-77(85)24-14-25-78(81)86)73-22-12-10-20-69(73)71-50-40-61(52-75(71)83)89(60-38-32-57(33-39-60)68-19-9-8-18-67(68)56-16-6-5-7-17-56)62-41-51-72-70-21-11-13-23-74(70)84(76(72)53-62,82-79(87)26-15-27-80(82)88)59-36-48-66(49-37-59)91-64-44-30-55(4-2)31-45-64/h3-53H,1-2H2. The largest absolute Gasteiger partial charge is 0.457 e. The van der Waals surface area contributed by atoms with E-state index in [1.807, 2.05) is 212 Å². The number of benzene rings is 13. The van der Waals surface area contributed by atoms with Crippen LogP contribution in [0.1, 0.15) is 55.6 Å². The maximum absolute atomic E-state index is 17.4. The zero-order chi connectivity index (χ0) is 61.8. The minimum Gasteiger partial charge on any atom is -0.457 e. The molecule has 0 aliphatic heterocycles. The van der Waals surface area contributed by atoms with E-state index in [0.29, 0.717) is 67.8 Å². The molecule has 0 spiro atoms. The Balaban J connectivity index is 0.956. The number of fused-ring (bicyclic) bond motifs is 6. The van der Waals surface area contributed by atoms with Gasteiger partial charge in [0.15, 0.2) is 0 Å². The van der Waals surface area contributed by atoms with Crippen LogP contribution in [0.3, 0.4) is 0 Å². The third kappa shape index (κ3) is 9.35. The van der Waals surface area contributed by atoms with E-state index < -0.39 is 34.1 Å². The summed E-state index contributed by atoms with van der Waals surface area (Å²) in [4.78, 5) is 2.12. The molecule has 3 nitrogen and oxygen atoms in total. The molecule has 0 saturated carbocycles. The van der Waals surface area contributed by atoms with Crippen LogP contribution in [0, 0.1) is 23.3 Å². The summed E-state index contributed by atoms with van der Waals surface area (Å²) in [5, 5.41) is 0. The second-order valence-corrected chi connectivity index (χ2v) is 22.8. The van der Waals surface area contributed by atoms with Crippen LogP contribution in [0.25, 0.3) is 56.7 Å². The first kappa shape index (κ1) is 56.0. The van der Waals surface area contributed by atoms with E-state index in [2.05, 4.69) is 66.6 Å². The molecule has 91 heavy (non-hydrogen) atoms. The van der Waals surface area contributed by atoms with Crippen LogP contribution in [-0.4, -0.2) is 0 Å². The molecule has 15 rings (SSSR count). The Morgan fingerprint density at radius 3 is 1.01 bits per heavy atom. The number of nitrogens with zero attached hydrogens (tertiary/aromatic N) is 1. The molecule has 0 heterocycles. The maximum Gasteiger partial charge on any atom is 0.130 e. The van der Waals surface area contributed by atoms with Crippen LogP contribution in [0.4, 0.5) is 34.6 Å². The summed E-state index contributed by atoms with van der Waals surface area (Å²) in [6.45, 7) is 7.76. The van der Waals surface area contributed by atoms with Crippen LogP contribution >= 0.6 is 0 Å². The van der Waals surface area contributed by atoms with E-state index in [1.54, 1.807) is 12.2 Å². The Kier molecular flexibility index (Phi) is 14.1. The maximum atomic E-state index is 17.4. The Bertz CT molecular complexity index is 4660. The van der Waals surface area contributed by atoms with Crippen LogP contribution in [-0.2, 0) is 10.8 Å². The van der Waals surface area contributed by atoms with Gasteiger partial charge in [-0.3, -0.25) is 0 Å². The van der Waals surface area contributed by atoms with Crippen molar-refractivity contribution >= 4 is 29.2 Å². The van der Waals surface area contributed by atoms with Gasteiger partial charge in [-0.15, -0.1) is 0 Å². The molecule has 0 aromatic heterocycles. The molecular weight excluding hydrogens is 1130 g/mol. The van der Waals surface area contributed by atoms with Crippen molar-refractivity contribution in [2.75, 3.05) is 4.90 Å². The summed E-state index contributed by atoms with van der Waals surface area (Å²) < 4.78 is 82.3. The number of ether oxygens (including phenoxy) is 2. The average Bonchev–Trinajstić information content (AvgIpc) is 1.57. The Labute approximate surface area is 526 Å². The second kappa shape index (κ2) is 22.9. The smallest absolute Gasteiger partial charge is 0.130 e. The predicted octanol–water partition coefficient (Wildman–Crippen LogP) is 22.6. The van der Waals surface area contributed by atoms with Gasteiger partial charge in [0.2, 0.25) is 0 Å². The number of rotatable bonds is 15. The number of halogens is 4. The monoisotopic (exact) mass is 1190 g/mol. The van der Waals surface area contributed by atoms with Crippen molar-refractivity contribution in [2.45, 2.75) is 10.8 Å². The lowest BCUT2D eigenvalue weighted by atomic mass is 9.67. The molecule has 0 bridgehead atoms. The average molecular weight is 1190 g/mol. The third-order valence-corrected chi connectivity index (χ3v) is 18.0. The highest BCUT2D eigenvalue weighted by Crippen LogP contribution is 2.61. The van der Waals surface area contributed by atoms with Crippen molar-refractivity contribution in [3.05, 3.63) is 389 Å². The Morgan fingerprint density at radius 1 is 0.286 bits per heavy atom. The van der Waals surface area contributed by atoms with Crippen LogP contribution in [0.2, 0.25) is 0 Å². The van der Waals surface area contributed by atoms with Crippen molar-refractivity contribution < 1.29 is 27.0 Å². The third-order valence-electron chi connectivity index (χ3n) is 18.0. The first-order valence-corrected chi connectivity index (χ1v) is 30.1. The molecule has 13 aromatic carbocycles.